The van der Waals surface area contributed by atoms with Gasteiger partial charge in [-0.05, 0) is 6.07 Å². The van der Waals surface area contributed by atoms with Crippen molar-refractivity contribution in [2.24, 2.45) is 0 Å². The summed E-state index contributed by atoms with van der Waals surface area (Å²) in [4.78, 5) is 26.9. The van der Waals surface area contributed by atoms with Crippen molar-refractivity contribution in [2.45, 2.75) is 0 Å². The highest BCUT2D eigenvalue weighted by Gasteiger charge is 2.12. The zero-order chi connectivity index (χ0) is 11.8. The fourth-order valence-electron chi connectivity index (χ4n) is 1.56. The molecular weight excluding hydrogens is 222 g/mol. The highest BCUT2D eigenvalue weighted by molar-refractivity contribution is 5.70. The molecule has 0 radical (unpaired) electrons. The average Bonchev–Trinajstić information content (AvgIpc) is 2.98. The molecule has 0 aromatic carbocycles. The number of fused-ring (bicyclic) bond motifs is 1. The van der Waals surface area contributed by atoms with Gasteiger partial charge in [0.2, 0.25) is 11.8 Å². The number of rotatable bonds is 2. The Hall–Kier alpha value is -2.57. The third-order valence-corrected chi connectivity index (χ3v) is 2.44. The molecule has 3 aromatic heterocycles. The zero-order valence-corrected chi connectivity index (χ0v) is 8.97. The van der Waals surface area contributed by atoms with Crippen LogP contribution >= 0.6 is 0 Å². The normalized spacial score (nSPS) is 10.9. The highest BCUT2D eigenvalue weighted by Crippen LogP contribution is 2.19. The van der Waals surface area contributed by atoms with E-state index in [2.05, 4.69) is 19.9 Å². The maximum Gasteiger partial charge on any atom is 0.278 e. The van der Waals surface area contributed by atoms with E-state index in [1.807, 2.05) is 0 Å². The van der Waals surface area contributed by atoms with Gasteiger partial charge in [0.15, 0.2) is 11.2 Å². The molecule has 0 unspecified atom stereocenters. The van der Waals surface area contributed by atoms with E-state index < -0.39 is 0 Å². The Bertz CT molecular complexity index is 697. The first kappa shape index (κ1) is 9.64. The molecule has 0 aliphatic carbocycles. The van der Waals surface area contributed by atoms with E-state index >= 15 is 0 Å². The molecule has 7 heteroatoms. The molecule has 0 fully saturated rings. The van der Waals surface area contributed by atoms with Crippen LogP contribution in [0.1, 0.15) is 0 Å². The molecule has 0 saturated carbocycles. The van der Waals surface area contributed by atoms with Crippen molar-refractivity contribution in [3.05, 3.63) is 35.1 Å². The third-order valence-electron chi connectivity index (χ3n) is 2.44. The van der Waals surface area contributed by atoms with Crippen molar-refractivity contribution in [3.8, 4) is 0 Å². The lowest BCUT2D eigenvalue weighted by Gasteiger charge is -2.13. The maximum absolute atomic E-state index is 11.7. The number of H-pyrrole nitrogens is 2. The van der Waals surface area contributed by atoms with E-state index in [0.717, 1.165) is 0 Å². The fourth-order valence-corrected chi connectivity index (χ4v) is 1.56. The van der Waals surface area contributed by atoms with E-state index in [4.69, 9.17) is 4.42 Å². The van der Waals surface area contributed by atoms with Gasteiger partial charge in [0, 0.05) is 13.1 Å². The van der Waals surface area contributed by atoms with E-state index in [1.165, 1.54) is 6.33 Å². The average molecular weight is 231 g/mol. The van der Waals surface area contributed by atoms with Crippen LogP contribution in [0.3, 0.4) is 0 Å². The SMILES string of the molecule is CN(c1nc2nc[nH]c2c(=O)[nH]1)c1ccco1. The quantitative estimate of drug-likeness (QED) is 0.686. The largest absolute Gasteiger partial charge is 0.448 e. The van der Waals surface area contributed by atoms with Gasteiger partial charge in [0.05, 0.1) is 12.6 Å². The van der Waals surface area contributed by atoms with E-state index in [0.29, 0.717) is 23.0 Å². The summed E-state index contributed by atoms with van der Waals surface area (Å²) in [5.74, 6) is 0.965. The number of furan rings is 1. The smallest absolute Gasteiger partial charge is 0.278 e. The number of aromatic amines is 2. The van der Waals surface area contributed by atoms with Gasteiger partial charge >= 0.3 is 0 Å². The number of nitrogens with zero attached hydrogens (tertiary/aromatic N) is 3. The molecule has 2 N–H and O–H groups in total. The second-order valence-electron chi connectivity index (χ2n) is 3.50. The van der Waals surface area contributed by atoms with Gasteiger partial charge in [-0.2, -0.15) is 4.98 Å². The molecule has 3 aromatic rings. The van der Waals surface area contributed by atoms with Crippen LogP contribution in [0.2, 0.25) is 0 Å². The lowest BCUT2D eigenvalue weighted by Crippen LogP contribution is -2.18. The summed E-state index contributed by atoms with van der Waals surface area (Å²) < 4.78 is 5.22. The first-order valence-corrected chi connectivity index (χ1v) is 4.96. The van der Waals surface area contributed by atoms with E-state index in [1.54, 1.807) is 30.3 Å². The van der Waals surface area contributed by atoms with E-state index in [-0.39, 0.29) is 5.56 Å². The van der Waals surface area contributed by atoms with Gasteiger partial charge < -0.3 is 9.40 Å². The van der Waals surface area contributed by atoms with Gasteiger partial charge in [-0.3, -0.25) is 14.7 Å². The minimum absolute atomic E-state index is 0.263. The summed E-state index contributed by atoms with van der Waals surface area (Å²) >= 11 is 0. The summed E-state index contributed by atoms with van der Waals surface area (Å²) in [6.07, 6.45) is 2.99. The first-order valence-electron chi connectivity index (χ1n) is 4.96. The molecule has 17 heavy (non-hydrogen) atoms. The lowest BCUT2D eigenvalue weighted by atomic mass is 10.5. The van der Waals surface area contributed by atoms with Crippen molar-refractivity contribution < 1.29 is 4.42 Å². The predicted molar refractivity (Wildman–Crippen MR) is 61.3 cm³/mol. The van der Waals surface area contributed by atoms with Gasteiger partial charge in [-0.1, -0.05) is 0 Å². The second-order valence-corrected chi connectivity index (χ2v) is 3.50. The molecule has 0 saturated heterocycles. The van der Waals surface area contributed by atoms with Crippen molar-refractivity contribution in [1.82, 2.24) is 19.9 Å². The van der Waals surface area contributed by atoms with Crippen LogP contribution in [-0.2, 0) is 0 Å². The molecule has 0 aliphatic heterocycles. The number of hydrogen-bond acceptors (Lipinski definition) is 5. The van der Waals surface area contributed by atoms with Crippen LogP contribution in [-0.4, -0.2) is 27.0 Å². The van der Waals surface area contributed by atoms with Gasteiger partial charge in [0.1, 0.15) is 0 Å². The standard InChI is InChI=1S/C10H9N5O2/c1-15(6-3-2-4-17-6)10-13-8-7(9(16)14-10)11-5-12-8/h2-5H,1H3,(H2,11,12,13,14,16). The van der Waals surface area contributed by atoms with Crippen molar-refractivity contribution in [1.29, 1.82) is 0 Å². The van der Waals surface area contributed by atoms with Crippen LogP contribution in [0.4, 0.5) is 11.8 Å². The zero-order valence-electron chi connectivity index (χ0n) is 8.97. The molecule has 0 aliphatic rings. The topological polar surface area (TPSA) is 90.8 Å². The van der Waals surface area contributed by atoms with Crippen LogP contribution in [0.5, 0.6) is 0 Å². The fraction of sp³-hybridized carbons (Fsp3) is 0.100. The molecular formula is C10H9N5O2. The molecule has 0 spiro atoms. The summed E-state index contributed by atoms with van der Waals surface area (Å²) in [5.41, 5.74) is 0.477. The van der Waals surface area contributed by atoms with Crippen molar-refractivity contribution in [3.63, 3.8) is 0 Å². The van der Waals surface area contributed by atoms with Crippen LogP contribution < -0.4 is 10.5 Å². The minimum Gasteiger partial charge on any atom is -0.448 e. The monoisotopic (exact) mass is 231 g/mol. The lowest BCUT2D eigenvalue weighted by molar-refractivity contribution is 0.567. The number of aromatic nitrogens is 4. The molecule has 0 amide bonds. The highest BCUT2D eigenvalue weighted by atomic mass is 16.3. The van der Waals surface area contributed by atoms with Crippen LogP contribution in [0.25, 0.3) is 11.2 Å². The maximum atomic E-state index is 11.7. The van der Waals surface area contributed by atoms with Crippen LogP contribution in [0, 0.1) is 0 Å². The molecule has 7 nitrogen and oxygen atoms in total. The predicted octanol–water partition coefficient (Wildman–Crippen LogP) is 1.01. The molecule has 3 heterocycles. The Balaban J connectivity index is 2.15. The van der Waals surface area contributed by atoms with E-state index in [9.17, 15) is 4.79 Å². The molecule has 3 rings (SSSR count). The third kappa shape index (κ3) is 1.48. The Labute approximate surface area is 95.1 Å². The summed E-state index contributed by atoms with van der Waals surface area (Å²) in [6.45, 7) is 0. The minimum atomic E-state index is -0.263. The summed E-state index contributed by atoms with van der Waals surface area (Å²) in [6, 6.07) is 3.53. The van der Waals surface area contributed by atoms with Crippen molar-refractivity contribution >= 4 is 23.0 Å². The Morgan fingerprint density at radius 3 is 3.12 bits per heavy atom. The number of imidazole rings is 1. The van der Waals surface area contributed by atoms with Gasteiger partial charge in [-0.15, -0.1) is 0 Å². The Kier molecular flexibility index (Phi) is 1.97. The Morgan fingerprint density at radius 1 is 1.47 bits per heavy atom. The number of nitrogens with one attached hydrogen (secondary N) is 2. The van der Waals surface area contributed by atoms with Crippen molar-refractivity contribution in [2.75, 3.05) is 11.9 Å². The van der Waals surface area contributed by atoms with Gasteiger partial charge in [0.25, 0.3) is 5.56 Å². The Morgan fingerprint density at radius 2 is 2.35 bits per heavy atom. The van der Waals surface area contributed by atoms with Crippen LogP contribution in [0.15, 0.2) is 33.9 Å². The second kappa shape index (κ2) is 3.48. The summed E-state index contributed by atoms with van der Waals surface area (Å²) in [5, 5.41) is 0. The first-order chi connectivity index (χ1) is 8.25. The molecule has 0 atom stereocenters. The molecule has 0 bridgehead atoms. The summed E-state index contributed by atoms with van der Waals surface area (Å²) in [7, 11) is 1.75. The molecule has 86 valence electrons. The van der Waals surface area contributed by atoms with Gasteiger partial charge in [-0.25, -0.2) is 4.98 Å². The number of anilines is 2. The number of hydrogen-bond donors (Lipinski definition) is 2.